The highest BCUT2D eigenvalue weighted by Crippen LogP contribution is 2.25. The van der Waals surface area contributed by atoms with Gasteiger partial charge in [-0.05, 0) is 48.9 Å². The molecule has 3 aromatic rings. The van der Waals surface area contributed by atoms with Crippen molar-refractivity contribution in [1.82, 2.24) is 9.88 Å². The fourth-order valence-electron chi connectivity index (χ4n) is 2.48. The molecule has 0 aliphatic rings. The summed E-state index contributed by atoms with van der Waals surface area (Å²) in [6.45, 7) is 2.26. The highest BCUT2D eigenvalue weighted by molar-refractivity contribution is 7.98. The Morgan fingerprint density at radius 2 is 1.96 bits per heavy atom. The maximum absolute atomic E-state index is 13.0. The molecular formula is C20H19FN2O2S. The number of aromatic nitrogens is 1. The minimum absolute atomic E-state index is 0.117. The van der Waals surface area contributed by atoms with Gasteiger partial charge in [0, 0.05) is 19.0 Å². The number of carbonyl (C=O) groups excluding carboxylic acids is 1. The average Bonchev–Trinajstić information content (AvgIpc) is 3.05. The molecule has 0 bridgehead atoms. The molecule has 0 unspecified atom stereocenters. The van der Waals surface area contributed by atoms with Crippen molar-refractivity contribution < 1.29 is 13.6 Å². The van der Waals surface area contributed by atoms with E-state index >= 15 is 0 Å². The lowest BCUT2D eigenvalue weighted by molar-refractivity contribution is 0.0770. The van der Waals surface area contributed by atoms with E-state index in [1.807, 2.05) is 19.1 Å². The second-order valence-electron chi connectivity index (χ2n) is 5.94. The molecule has 0 saturated carbocycles. The summed E-state index contributed by atoms with van der Waals surface area (Å²) in [5.41, 5.74) is 1.52. The lowest BCUT2D eigenvalue weighted by Crippen LogP contribution is -2.26. The van der Waals surface area contributed by atoms with E-state index in [9.17, 15) is 9.18 Å². The second kappa shape index (κ2) is 8.19. The number of amides is 1. The van der Waals surface area contributed by atoms with Crippen LogP contribution in [0.2, 0.25) is 0 Å². The fraction of sp³-hybridized carbons (Fsp3) is 0.200. The van der Waals surface area contributed by atoms with Crippen molar-refractivity contribution in [1.29, 1.82) is 0 Å². The Bertz CT molecular complexity index is 893. The van der Waals surface area contributed by atoms with E-state index in [-0.39, 0.29) is 11.7 Å². The third-order valence-electron chi connectivity index (χ3n) is 3.83. The summed E-state index contributed by atoms with van der Waals surface area (Å²) in [4.78, 5) is 18.8. The Kier molecular flexibility index (Phi) is 5.73. The molecule has 26 heavy (non-hydrogen) atoms. The van der Waals surface area contributed by atoms with Gasteiger partial charge in [0.15, 0.2) is 0 Å². The minimum Gasteiger partial charge on any atom is -0.464 e. The molecule has 0 atom stereocenters. The molecule has 134 valence electrons. The van der Waals surface area contributed by atoms with Gasteiger partial charge < -0.3 is 9.32 Å². The van der Waals surface area contributed by atoms with Gasteiger partial charge in [0.25, 0.3) is 5.91 Å². The smallest absolute Gasteiger partial charge is 0.256 e. The first-order chi connectivity index (χ1) is 12.5. The van der Waals surface area contributed by atoms with E-state index in [4.69, 9.17) is 4.42 Å². The number of hydrogen-bond acceptors (Lipinski definition) is 4. The third kappa shape index (κ3) is 4.52. The lowest BCUT2D eigenvalue weighted by atomic mass is 10.2. The topological polar surface area (TPSA) is 46.3 Å². The van der Waals surface area contributed by atoms with Crippen molar-refractivity contribution >= 4 is 17.7 Å². The van der Waals surface area contributed by atoms with Crippen LogP contribution >= 0.6 is 11.8 Å². The van der Waals surface area contributed by atoms with Gasteiger partial charge in [-0.2, -0.15) is 0 Å². The molecule has 0 saturated heterocycles. The lowest BCUT2D eigenvalue weighted by Gasteiger charge is -2.17. The maximum Gasteiger partial charge on any atom is 0.256 e. The summed E-state index contributed by atoms with van der Waals surface area (Å²) in [5, 5.41) is 0.657. The van der Waals surface area contributed by atoms with E-state index in [1.54, 1.807) is 42.4 Å². The summed E-state index contributed by atoms with van der Waals surface area (Å²) >= 11 is 1.46. The molecule has 4 nitrogen and oxygen atoms in total. The van der Waals surface area contributed by atoms with Crippen LogP contribution in [-0.4, -0.2) is 22.8 Å². The third-order valence-corrected chi connectivity index (χ3v) is 4.90. The Balaban J connectivity index is 1.71. The number of thioether (sulfide) groups is 1. The van der Waals surface area contributed by atoms with Crippen molar-refractivity contribution in [2.24, 2.45) is 0 Å². The molecule has 0 radical (unpaired) electrons. The number of carbonyl (C=O) groups is 1. The number of pyridine rings is 1. The Labute approximate surface area is 156 Å². The first kappa shape index (κ1) is 18.2. The maximum atomic E-state index is 13.0. The fourth-order valence-corrected chi connectivity index (χ4v) is 3.42. The zero-order valence-electron chi connectivity index (χ0n) is 14.6. The predicted octanol–water partition coefficient (Wildman–Crippen LogP) is 4.69. The van der Waals surface area contributed by atoms with Gasteiger partial charge >= 0.3 is 0 Å². The number of furan rings is 1. The van der Waals surface area contributed by atoms with Crippen molar-refractivity contribution in [3.63, 3.8) is 0 Å². The molecule has 2 aromatic heterocycles. The molecule has 0 fully saturated rings. The van der Waals surface area contributed by atoms with Crippen LogP contribution in [0.4, 0.5) is 4.39 Å². The van der Waals surface area contributed by atoms with E-state index < -0.39 is 0 Å². The molecule has 0 spiro atoms. The average molecular weight is 370 g/mol. The van der Waals surface area contributed by atoms with Crippen LogP contribution < -0.4 is 0 Å². The van der Waals surface area contributed by atoms with E-state index in [1.165, 1.54) is 23.9 Å². The largest absolute Gasteiger partial charge is 0.464 e. The van der Waals surface area contributed by atoms with E-state index in [2.05, 4.69) is 4.98 Å². The van der Waals surface area contributed by atoms with E-state index in [0.717, 1.165) is 17.1 Å². The summed E-state index contributed by atoms with van der Waals surface area (Å²) in [5.74, 6) is 1.79. The van der Waals surface area contributed by atoms with Gasteiger partial charge in [-0.25, -0.2) is 9.37 Å². The summed E-state index contributed by atoms with van der Waals surface area (Å²) in [6, 6.07) is 13.6. The van der Waals surface area contributed by atoms with Gasteiger partial charge in [0.1, 0.15) is 22.4 Å². The highest BCUT2D eigenvalue weighted by Gasteiger charge is 2.18. The molecule has 1 aromatic carbocycles. The number of nitrogens with zero attached hydrogens (tertiary/aromatic N) is 2. The molecule has 1 amide bonds. The molecule has 6 heteroatoms. The van der Waals surface area contributed by atoms with Crippen molar-refractivity contribution in [3.8, 4) is 0 Å². The van der Waals surface area contributed by atoms with Crippen LogP contribution in [0.1, 0.15) is 27.4 Å². The monoisotopic (exact) mass is 370 g/mol. The van der Waals surface area contributed by atoms with Crippen LogP contribution in [0.3, 0.4) is 0 Å². The molecular weight excluding hydrogens is 351 g/mol. The van der Waals surface area contributed by atoms with Gasteiger partial charge in [0.2, 0.25) is 0 Å². The summed E-state index contributed by atoms with van der Waals surface area (Å²) < 4.78 is 18.6. The number of hydrogen-bond donors (Lipinski definition) is 0. The minimum atomic E-state index is -0.262. The van der Waals surface area contributed by atoms with Crippen LogP contribution in [-0.2, 0) is 12.3 Å². The summed E-state index contributed by atoms with van der Waals surface area (Å²) in [7, 11) is 1.74. The molecule has 0 aliphatic heterocycles. The van der Waals surface area contributed by atoms with E-state index in [0.29, 0.717) is 22.9 Å². The van der Waals surface area contributed by atoms with Crippen molar-refractivity contribution in [2.45, 2.75) is 24.2 Å². The number of aryl methyl sites for hydroxylation is 1. The first-order valence-electron chi connectivity index (χ1n) is 8.16. The Hall–Kier alpha value is -2.60. The second-order valence-corrected chi connectivity index (χ2v) is 6.91. The first-order valence-corrected chi connectivity index (χ1v) is 9.14. The van der Waals surface area contributed by atoms with Crippen molar-refractivity contribution in [2.75, 3.05) is 7.05 Å². The van der Waals surface area contributed by atoms with Crippen molar-refractivity contribution in [3.05, 3.63) is 83.2 Å². The SMILES string of the molecule is Cc1ccc(CN(C)C(=O)c2cccnc2SCc2ccc(F)cc2)o1. The van der Waals surface area contributed by atoms with Gasteiger partial charge in [-0.3, -0.25) is 4.79 Å². The quantitative estimate of drug-likeness (QED) is 0.591. The van der Waals surface area contributed by atoms with Gasteiger partial charge in [-0.1, -0.05) is 12.1 Å². The van der Waals surface area contributed by atoms with Crippen LogP contribution in [0.25, 0.3) is 0 Å². The summed E-state index contributed by atoms with van der Waals surface area (Å²) in [6.07, 6.45) is 1.67. The highest BCUT2D eigenvalue weighted by atomic mass is 32.2. The Morgan fingerprint density at radius 1 is 1.19 bits per heavy atom. The molecule has 3 rings (SSSR count). The zero-order valence-corrected chi connectivity index (χ0v) is 15.4. The normalized spacial score (nSPS) is 10.7. The molecule has 0 aliphatic carbocycles. The molecule has 2 heterocycles. The van der Waals surface area contributed by atoms with Gasteiger partial charge in [-0.15, -0.1) is 11.8 Å². The molecule has 0 N–H and O–H groups in total. The van der Waals surface area contributed by atoms with Crippen LogP contribution in [0.5, 0.6) is 0 Å². The van der Waals surface area contributed by atoms with Crippen LogP contribution in [0, 0.1) is 12.7 Å². The number of benzene rings is 1. The predicted molar refractivity (Wildman–Crippen MR) is 99.4 cm³/mol. The number of rotatable bonds is 6. The standard InChI is InChI=1S/C20H19FN2O2S/c1-14-5-10-17(25-14)12-23(2)20(24)18-4-3-11-22-19(18)26-13-15-6-8-16(21)9-7-15/h3-11H,12-13H2,1-2H3. The van der Waals surface area contributed by atoms with Gasteiger partial charge in [0.05, 0.1) is 12.1 Å². The Morgan fingerprint density at radius 3 is 2.65 bits per heavy atom. The zero-order chi connectivity index (χ0) is 18.5. The number of halogens is 1. The van der Waals surface area contributed by atoms with Crippen LogP contribution in [0.15, 0.2) is 64.2 Å².